The smallest absolute Gasteiger partial charge is 0.147 e. The van der Waals surface area contributed by atoms with Gasteiger partial charge in [0, 0.05) is 13.0 Å². The topological polar surface area (TPSA) is 30.7 Å². The summed E-state index contributed by atoms with van der Waals surface area (Å²) in [5, 5.41) is 8.31. The minimum atomic E-state index is 0.464. The van der Waals surface area contributed by atoms with Crippen molar-refractivity contribution in [2.45, 2.75) is 45.0 Å². The van der Waals surface area contributed by atoms with Crippen molar-refractivity contribution in [3.8, 4) is 0 Å². The second kappa shape index (κ2) is 4.30. The van der Waals surface area contributed by atoms with Crippen molar-refractivity contribution in [2.24, 2.45) is 5.92 Å². The SMILES string of the molecule is CCn1c(CCl)nnc1CC1CCC1. The molecule has 1 aromatic rings. The molecule has 1 aliphatic carbocycles. The van der Waals surface area contributed by atoms with E-state index in [4.69, 9.17) is 11.6 Å². The molecule has 0 atom stereocenters. The fraction of sp³-hybridized carbons (Fsp3) is 0.800. The summed E-state index contributed by atoms with van der Waals surface area (Å²) in [6.07, 6.45) is 5.17. The molecule has 1 fully saturated rings. The van der Waals surface area contributed by atoms with Crippen molar-refractivity contribution in [1.29, 1.82) is 0 Å². The zero-order valence-electron chi connectivity index (χ0n) is 8.54. The van der Waals surface area contributed by atoms with E-state index in [0.29, 0.717) is 5.88 Å². The summed E-state index contributed by atoms with van der Waals surface area (Å²) in [6, 6.07) is 0. The number of halogens is 1. The standard InChI is InChI=1S/C10H16ClN3/c1-2-14-9(6-8-4-3-5-8)12-13-10(14)7-11/h8H,2-7H2,1H3. The number of alkyl halides is 1. The van der Waals surface area contributed by atoms with Gasteiger partial charge in [0.2, 0.25) is 0 Å². The predicted octanol–water partition coefficient (Wildman–Crippen LogP) is 2.38. The molecule has 0 spiro atoms. The molecular weight excluding hydrogens is 198 g/mol. The second-order valence-corrected chi connectivity index (χ2v) is 4.18. The number of hydrogen-bond acceptors (Lipinski definition) is 2. The largest absolute Gasteiger partial charge is 0.314 e. The minimum absolute atomic E-state index is 0.464. The van der Waals surface area contributed by atoms with Crippen LogP contribution in [0, 0.1) is 5.92 Å². The van der Waals surface area contributed by atoms with Crippen molar-refractivity contribution >= 4 is 11.6 Å². The van der Waals surface area contributed by atoms with Crippen LogP contribution in [-0.4, -0.2) is 14.8 Å². The van der Waals surface area contributed by atoms with Crippen LogP contribution in [0.5, 0.6) is 0 Å². The highest BCUT2D eigenvalue weighted by Gasteiger charge is 2.21. The molecule has 0 N–H and O–H groups in total. The van der Waals surface area contributed by atoms with Gasteiger partial charge in [0.1, 0.15) is 11.6 Å². The van der Waals surface area contributed by atoms with Crippen LogP contribution in [0.25, 0.3) is 0 Å². The van der Waals surface area contributed by atoms with Crippen LogP contribution >= 0.6 is 11.6 Å². The average Bonchev–Trinajstić information content (AvgIpc) is 2.53. The number of nitrogens with zero attached hydrogens (tertiary/aromatic N) is 3. The Morgan fingerprint density at radius 2 is 2.07 bits per heavy atom. The Kier molecular flexibility index (Phi) is 3.06. The molecule has 0 aliphatic heterocycles. The van der Waals surface area contributed by atoms with Crippen LogP contribution in [0.3, 0.4) is 0 Å². The molecule has 0 saturated heterocycles. The van der Waals surface area contributed by atoms with Crippen molar-refractivity contribution in [3.63, 3.8) is 0 Å². The maximum Gasteiger partial charge on any atom is 0.147 e. The molecule has 0 radical (unpaired) electrons. The van der Waals surface area contributed by atoms with Gasteiger partial charge in [-0.3, -0.25) is 0 Å². The molecule has 14 heavy (non-hydrogen) atoms. The third kappa shape index (κ3) is 1.78. The third-order valence-corrected chi connectivity index (χ3v) is 3.27. The van der Waals surface area contributed by atoms with Crippen LogP contribution in [0.1, 0.15) is 37.8 Å². The molecule has 3 nitrogen and oxygen atoms in total. The van der Waals surface area contributed by atoms with Crippen molar-refractivity contribution in [1.82, 2.24) is 14.8 Å². The van der Waals surface area contributed by atoms with Crippen molar-refractivity contribution in [3.05, 3.63) is 11.6 Å². The van der Waals surface area contributed by atoms with Crippen molar-refractivity contribution < 1.29 is 0 Å². The summed E-state index contributed by atoms with van der Waals surface area (Å²) >= 11 is 5.79. The molecule has 1 saturated carbocycles. The molecule has 2 rings (SSSR count). The van der Waals surface area contributed by atoms with E-state index in [2.05, 4.69) is 21.7 Å². The fourth-order valence-corrected chi connectivity index (χ4v) is 2.14. The maximum atomic E-state index is 5.79. The van der Waals surface area contributed by atoms with Gasteiger partial charge in [-0.15, -0.1) is 21.8 Å². The average molecular weight is 214 g/mol. The van der Waals surface area contributed by atoms with E-state index in [9.17, 15) is 0 Å². The first-order chi connectivity index (χ1) is 6.85. The first-order valence-electron chi connectivity index (χ1n) is 5.32. The Bertz CT molecular complexity index is 304. The van der Waals surface area contributed by atoms with Gasteiger partial charge < -0.3 is 4.57 Å². The van der Waals surface area contributed by atoms with E-state index < -0.39 is 0 Å². The summed E-state index contributed by atoms with van der Waals surface area (Å²) < 4.78 is 2.14. The van der Waals surface area contributed by atoms with E-state index in [1.807, 2.05) is 0 Å². The van der Waals surface area contributed by atoms with E-state index in [1.165, 1.54) is 19.3 Å². The summed E-state index contributed by atoms with van der Waals surface area (Å²) in [6.45, 7) is 3.04. The Morgan fingerprint density at radius 1 is 1.36 bits per heavy atom. The first-order valence-corrected chi connectivity index (χ1v) is 5.85. The van der Waals surface area contributed by atoms with Crippen LogP contribution < -0.4 is 0 Å². The maximum absolute atomic E-state index is 5.79. The monoisotopic (exact) mass is 213 g/mol. The zero-order chi connectivity index (χ0) is 9.97. The predicted molar refractivity (Wildman–Crippen MR) is 56.3 cm³/mol. The number of rotatable bonds is 4. The molecule has 78 valence electrons. The normalized spacial score (nSPS) is 17.0. The zero-order valence-corrected chi connectivity index (χ0v) is 9.30. The van der Waals surface area contributed by atoms with Crippen LogP contribution in [0.4, 0.5) is 0 Å². The minimum Gasteiger partial charge on any atom is -0.314 e. The van der Waals surface area contributed by atoms with Gasteiger partial charge in [-0.05, 0) is 12.8 Å². The highest BCUT2D eigenvalue weighted by atomic mass is 35.5. The van der Waals surface area contributed by atoms with Gasteiger partial charge in [0.25, 0.3) is 0 Å². The molecule has 1 aromatic heterocycles. The lowest BCUT2D eigenvalue weighted by atomic mass is 9.83. The quantitative estimate of drug-likeness (QED) is 0.719. The van der Waals surface area contributed by atoms with Crippen molar-refractivity contribution in [2.75, 3.05) is 0 Å². The van der Waals surface area contributed by atoms with Gasteiger partial charge in [0.05, 0.1) is 5.88 Å². The lowest BCUT2D eigenvalue weighted by molar-refractivity contribution is 0.305. The van der Waals surface area contributed by atoms with E-state index in [1.54, 1.807) is 0 Å². The van der Waals surface area contributed by atoms with Gasteiger partial charge in [-0.2, -0.15) is 0 Å². The fourth-order valence-electron chi connectivity index (χ4n) is 1.94. The molecule has 1 aliphatic rings. The summed E-state index contributed by atoms with van der Waals surface area (Å²) in [5.74, 6) is 3.33. The van der Waals surface area contributed by atoms with Crippen LogP contribution in [0.2, 0.25) is 0 Å². The van der Waals surface area contributed by atoms with E-state index >= 15 is 0 Å². The highest BCUT2D eigenvalue weighted by Crippen LogP contribution is 2.29. The Balaban J connectivity index is 2.10. The number of hydrogen-bond donors (Lipinski definition) is 0. The molecule has 0 bridgehead atoms. The van der Waals surface area contributed by atoms with Gasteiger partial charge in [-0.1, -0.05) is 19.3 Å². The molecule has 0 amide bonds. The lowest BCUT2D eigenvalue weighted by Crippen LogP contribution is -2.17. The molecule has 1 heterocycles. The Morgan fingerprint density at radius 3 is 2.57 bits per heavy atom. The Hall–Kier alpha value is -0.570. The number of aromatic nitrogens is 3. The molecular formula is C10H16ClN3. The third-order valence-electron chi connectivity index (χ3n) is 3.04. The van der Waals surface area contributed by atoms with Gasteiger partial charge >= 0.3 is 0 Å². The van der Waals surface area contributed by atoms with Crippen LogP contribution in [0.15, 0.2) is 0 Å². The molecule has 4 heteroatoms. The van der Waals surface area contributed by atoms with Gasteiger partial charge in [-0.25, -0.2) is 0 Å². The van der Waals surface area contributed by atoms with E-state index in [0.717, 1.165) is 30.5 Å². The summed E-state index contributed by atoms with van der Waals surface area (Å²) in [4.78, 5) is 0. The summed E-state index contributed by atoms with van der Waals surface area (Å²) in [5.41, 5.74) is 0. The molecule has 0 unspecified atom stereocenters. The molecule has 0 aromatic carbocycles. The van der Waals surface area contributed by atoms with Gasteiger partial charge in [0.15, 0.2) is 0 Å². The summed E-state index contributed by atoms with van der Waals surface area (Å²) in [7, 11) is 0. The second-order valence-electron chi connectivity index (χ2n) is 3.91. The van der Waals surface area contributed by atoms with E-state index in [-0.39, 0.29) is 0 Å². The first kappa shape index (κ1) is 9.97. The lowest BCUT2D eigenvalue weighted by Gasteiger charge is -2.24. The Labute approximate surface area is 89.5 Å². The highest BCUT2D eigenvalue weighted by molar-refractivity contribution is 6.16. The van der Waals surface area contributed by atoms with Crippen LogP contribution in [-0.2, 0) is 18.8 Å².